The number of nitrogens with two attached hydrogens (primary N) is 1. The number of nitrogen functional groups attached to an aromatic ring is 1. The molecule has 37 heavy (non-hydrogen) atoms. The Morgan fingerprint density at radius 3 is 2.76 bits per heavy atom. The summed E-state index contributed by atoms with van der Waals surface area (Å²) < 4.78 is 1.53. The van der Waals surface area contributed by atoms with Crippen LogP contribution in [0.4, 0.5) is 5.13 Å². The van der Waals surface area contributed by atoms with Gasteiger partial charge in [0.1, 0.15) is 17.1 Å². The third kappa shape index (κ3) is 5.24. The predicted molar refractivity (Wildman–Crippen MR) is 127 cm³/mol. The van der Waals surface area contributed by atoms with Gasteiger partial charge in [-0.3, -0.25) is 14.5 Å². The Labute approximate surface area is 217 Å². The lowest BCUT2D eigenvalue weighted by atomic mass is 10.0. The molecule has 4 rings (SSSR count). The Kier molecular flexibility index (Phi) is 7.13. The van der Waals surface area contributed by atoms with Crippen LogP contribution < -0.4 is 20.8 Å². The number of hydrogen-bond donors (Lipinski definition) is 3. The van der Waals surface area contributed by atoms with Crippen LogP contribution in [0, 0.1) is 0 Å². The molecule has 14 nitrogen and oxygen atoms in total. The number of carboxylic acids is 2. The number of β-lactam (4-membered cyclic amide) rings is 1. The highest BCUT2D eigenvalue weighted by Crippen LogP contribution is 2.40. The van der Waals surface area contributed by atoms with Gasteiger partial charge in [-0.25, -0.2) is 9.78 Å². The highest BCUT2D eigenvalue weighted by molar-refractivity contribution is 8.00. The number of aromatic nitrogens is 3. The van der Waals surface area contributed by atoms with Gasteiger partial charge in [0.2, 0.25) is 5.60 Å². The van der Waals surface area contributed by atoms with Crippen molar-refractivity contribution in [2.45, 2.75) is 37.4 Å². The first kappa shape index (κ1) is 26.0. The summed E-state index contributed by atoms with van der Waals surface area (Å²) in [6.45, 7) is 2.62. The van der Waals surface area contributed by atoms with Crippen LogP contribution >= 0.6 is 23.1 Å². The number of carbonyl (C=O) groups excluding carboxylic acids is 3. The monoisotopic (exact) mass is 547 g/mol. The molecule has 1 saturated heterocycles. The molecule has 0 saturated carbocycles. The first-order valence-electron chi connectivity index (χ1n) is 10.7. The molecule has 0 unspecified atom stereocenters. The molecular formula is C21H21N7O7S2. The van der Waals surface area contributed by atoms with Gasteiger partial charge in [0.25, 0.3) is 11.8 Å². The number of fused-ring (bicyclic) bond motifs is 1. The smallest absolute Gasteiger partial charge is 0.350 e. The molecule has 2 aromatic rings. The van der Waals surface area contributed by atoms with E-state index in [1.165, 1.54) is 35.7 Å². The number of amides is 2. The molecule has 0 radical (unpaired) electrons. The number of nitrogens with one attached hydrogen (secondary N) is 1. The van der Waals surface area contributed by atoms with Gasteiger partial charge in [-0.05, 0) is 25.0 Å². The van der Waals surface area contributed by atoms with Crippen molar-refractivity contribution in [1.29, 1.82) is 0 Å². The molecule has 2 aromatic heterocycles. The molecule has 0 aliphatic carbocycles. The molecule has 4 heterocycles. The number of rotatable bonds is 9. The van der Waals surface area contributed by atoms with Crippen LogP contribution in [0.3, 0.4) is 0 Å². The number of carbonyl (C=O) groups is 4. The van der Waals surface area contributed by atoms with Gasteiger partial charge in [0.15, 0.2) is 23.6 Å². The second-order valence-corrected chi connectivity index (χ2v) is 10.4. The van der Waals surface area contributed by atoms with Gasteiger partial charge in [0, 0.05) is 22.8 Å². The number of thioether (sulfide) groups is 1. The van der Waals surface area contributed by atoms with E-state index in [0.717, 1.165) is 16.2 Å². The zero-order valence-corrected chi connectivity index (χ0v) is 21.1. The van der Waals surface area contributed by atoms with E-state index in [-0.39, 0.29) is 28.8 Å². The van der Waals surface area contributed by atoms with Crippen LogP contribution in [-0.4, -0.2) is 72.3 Å². The third-order valence-corrected chi connectivity index (χ3v) is 7.42. The maximum Gasteiger partial charge on any atom is 0.350 e. The minimum atomic E-state index is -1.76. The molecule has 0 aromatic carbocycles. The minimum absolute atomic E-state index is 0.0195. The van der Waals surface area contributed by atoms with Crippen molar-refractivity contribution in [2.75, 3.05) is 11.5 Å². The topological polar surface area (TPSA) is 204 Å². The number of nitrogens with zero attached hydrogens (tertiary/aromatic N) is 5. The molecule has 16 heteroatoms. The lowest BCUT2D eigenvalue weighted by Crippen LogP contribution is -2.71. The van der Waals surface area contributed by atoms with Gasteiger partial charge in [0.05, 0.1) is 17.9 Å². The fourth-order valence-corrected chi connectivity index (χ4v) is 5.34. The lowest BCUT2D eigenvalue weighted by Gasteiger charge is -2.50. The summed E-state index contributed by atoms with van der Waals surface area (Å²) in [5.74, 6) is -4.11. The number of aliphatic carboxylic acids is 2. The van der Waals surface area contributed by atoms with Crippen molar-refractivity contribution in [3.63, 3.8) is 0 Å². The SMILES string of the molecule is CC(C)(O/N=C(\C(=O)N[C@@H]1C(=O)N2C(C(=O)[O-])=C(C[n+]3ccccn3)CS[C@H]12)c1csc(N)n1)C(=O)O. The normalized spacial score (nSPS) is 19.7. The maximum atomic E-state index is 13.1. The first-order chi connectivity index (χ1) is 17.5. The fourth-order valence-electron chi connectivity index (χ4n) is 3.45. The van der Waals surface area contributed by atoms with Crippen LogP contribution in [0.1, 0.15) is 19.5 Å². The highest BCUT2D eigenvalue weighted by atomic mass is 32.2. The van der Waals surface area contributed by atoms with Crippen molar-refractivity contribution in [3.8, 4) is 0 Å². The van der Waals surface area contributed by atoms with E-state index in [2.05, 4.69) is 20.6 Å². The molecule has 0 spiro atoms. The number of hydrogen-bond acceptors (Lipinski definition) is 12. The second kappa shape index (κ2) is 10.1. The van der Waals surface area contributed by atoms with Gasteiger partial charge in [-0.1, -0.05) is 9.84 Å². The average molecular weight is 548 g/mol. The Bertz CT molecular complexity index is 1330. The summed E-state index contributed by atoms with van der Waals surface area (Å²) in [7, 11) is 0. The largest absolute Gasteiger partial charge is 0.543 e. The van der Waals surface area contributed by atoms with Gasteiger partial charge >= 0.3 is 5.97 Å². The predicted octanol–water partition coefficient (Wildman–Crippen LogP) is -1.90. The third-order valence-electron chi connectivity index (χ3n) is 5.41. The Morgan fingerprint density at radius 1 is 1.41 bits per heavy atom. The highest BCUT2D eigenvalue weighted by Gasteiger charge is 2.53. The lowest BCUT2D eigenvalue weighted by molar-refractivity contribution is -0.746. The molecule has 4 N–H and O–H groups in total. The van der Waals surface area contributed by atoms with Gasteiger partial charge in [-0.15, -0.1) is 23.1 Å². The molecule has 2 aliphatic heterocycles. The van der Waals surface area contributed by atoms with Crippen LogP contribution in [0.15, 0.2) is 46.3 Å². The van der Waals surface area contributed by atoms with Crippen molar-refractivity contribution in [1.82, 2.24) is 20.3 Å². The number of anilines is 1. The van der Waals surface area contributed by atoms with Crippen molar-refractivity contribution in [3.05, 3.63) is 46.9 Å². The zero-order valence-electron chi connectivity index (χ0n) is 19.5. The second-order valence-electron chi connectivity index (χ2n) is 8.41. The summed E-state index contributed by atoms with van der Waals surface area (Å²) in [6.07, 6.45) is 3.21. The Balaban J connectivity index is 1.55. The first-order valence-corrected chi connectivity index (χ1v) is 12.6. The number of oxime groups is 1. The van der Waals surface area contributed by atoms with Gasteiger partial charge in [-0.2, -0.15) is 0 Å². The van der Waals surface area contributed by atoms with Gasteiger partial charge < -0.3 is 30.9 Å². The maximum absolute atomic E-state index is 13.1. The van der Waals surface area contributed by atoms with Crippen molar-refractivity contribution >= 4 is 57.7 Å². The fraction of sp³-hybridized carbons (Fsp3) is 0.333. The van der Waals surface area contributed by atoms with E-state index in [4.69, 9.17) is 10.6 Å². The summed E-state index contributed by atoms with van der Waals surface area (Å²) in [5, 5.41) is 32.4. The van der Waals surface area contributed by atoms with Crippen LogP contribution in [0.25, 0.3) is 0 Å². The van der Waals surface area contributed by atoms with Crippen LogP contribution in [0.2, 0.25) is 0 Å². The zero-order chi connectivity index (χ0) is 26.9. The Morgan fingerprint density at radius 2 is 2.16 bits per heavy atom. The minimum Gasteiger partial charge on any atom is -0.543 e. The van der Waals surface area contributed by atoms with Crippen LogP contribution in [0.5, 0.6) is 0 Å². The average Bonchev–Trinajstić information content (AvgIpc) is 3.28. The summed E-state index contributed by atoms with van der Waals surface area (Å²) in [4.78, 5) is 59.5. The molecule has 1 fully saturated rings. The van der Waals surface area contributed by atoms with Crippen LogP contribution in [-0.2, 0) is 30.6 Å². The van der Waals surface area contributed by atoms with E-state index >= 15 is 0 Å². The van der Waals surface area contributed by atoms with Crippen molar-refractivity contribution < 1.29 is 38.9 Å². The van der Waals surface area contributed by atoms with E-state index in [1.54, 1.807) is 24.5 Å². The number of carboxylic acid groups (broad SMARTS) is 2. The van der Waals surface area contributed by atoms with E-state index in [0.29, 0.717) is 5.57 Å². The Hall–Kier alpha value is -4.05. The molecule has 194 valence electrons. The molecule has 2 amide bonds. The summed E-state index contributed by atoms with van der Waals surface area (Å²) in [5.41, 5.74) is 3.70. The molecule has 2 aliphatic rings. The summed E-state index contributed by atoms with van der Waals surface area (Å²) in [6, 6.07) is 2.37. The number of thiazole rings is 1. The van der Waals surface area contributed by atoms with Crippen molar-refractivity contribution in [2.24, 2.45) is 5.16 Å². The molecular weight excluding hydrogens is 526 g/mol. The summed E-state index contributed by atoms with van der Waals surface area (Å²) >= 11 is 2.29. The van der Waals surface area contributed by atoms with E-state index < -0.39 is 46.5 Å². The quantitative estimate of drug-likeness (QED) is 0.137. The standard InChI is InChI=1S/C21H21N7O7S2/c1-21(2,19(33)34)35-26-12(11-9-37-20(22)24-11)15(29)25-13-16(30)28-14(18(31)32)10(8-36-17(13)28)7-27-6-4-3-5-23-27/h3-6,9,13,17H,7-8H2,1-2H3,(H4-,22,24,25,29,31,32,33,34)/b26-12-/t13-,17-/m1/s1. The van der Waals surface area contributed by atoms with E-state index in [1.807, 2.05) is 0 Å². The molecule has 0 bridgehead atoms. The molecule has 2 atom stereocenters. The van der Waals surface area contributed by atoms with E-state index in [9.17, 15) is 29.4 Å².